The highest BCUT2D eigenvalue weighted by atomic mass is 35.5. The Kier molecular flexibility index (Phi) is 9.77. The quantitative estimate of drug-likeness (QED) is 0.136. The standard InChI is InChI=1S/C38H38ClN7O3/c1-38(2,3)49-37(48)46(22-25-9-11-29(33(39)19-25)26-7-5-4-6-8-26)17-14-28-23-45(24-43-28)18-16-42-36-31-13-15-41-21-32(31)30-12-10-27(35(40)47)20-34(30)44-36/h4-13,15,19-21,23-24H,14,16-18,22H2,1-3H3,(H2,40,47)(H,42,44). The zero-order valence-electron chi connectivity index (χ0n) is 27.7. The lowest BCUT2D eigenvalue weighted by atomic mass is 10.0. The van der Waals surface area contributed by atoms with Crippen LogP contribution in [0.15, 0.2) is 97.7 Å². The fraction of sp³-hybridized carbons (Fsp3) is 0.237. The van der Waals surface area contributed by atoms with Crippen LogP contribution in [0.5, 0.6) is 0 Å². The highest BCUT2D eigenvalue weighted by molar-refractivity contribution is 6.33. The molecule has 0 saturated heterocycles. The Bertz CT molecular complexity index is 2130. The van der Waals surface area contributed by atoms with Crippen LogP contribution in [0.2, 0.25) is 5.02 Å². The van der Waals surface area contributed by atoms with Crippen molar-refractivity contribution < 1.29 is 14.3 Å². The third-order valence-corrected chi connectivity index (χ3v) is 8.32. The summed E-state index contributed by atoms with van der Waals surface area (Å²) in [5.74, 6) is 0.188. The van der Waals surface area contributed by atoms with E-state index in [1.165, 1.54) is 0 Å². The fourth-order valence-corrected chi connectivity index (χ4v) is 5.95. The predicted molar refractivity (Wildman–Crippen MR) is 194 cm³/mol. The number of fused-ring (bicyclic) bond motifs is 3. The first kappa shape index (κ1) is 33.4. The van der Waals surface area contributed by atoms with Gasteiger partial charge < -0.3 is 25.3 Å². The number of hydrogen-bond acceptors (Lipinski definition) is 7. The van der Waals surface area contributed by atoms with Gasteiger partial charge in [0, 0.05) is 83.5 Å². The number of carbonyl (C=O) groups is 2. The normalized spacial score (nSPS) is 11.5. The Balaban J connectivity index is 1.12. The fourth-order valence-electron chi connectivity index (χ4n) is 5.64. The molecule has 0 aliphatic carbocycles. The van der Waals surface area contributed by atoms with Gasteiger partial charge in [0.25, 0.3) is 0 Å². The first-order chi connectivity index (χ1) is 23.5. The molecule has 250 valence electrons. The molecule has 0 atom stereocenters. The first-order valence-corrected chi connectivity index (χ1v) is 16.5. The van der Waals surface area contributed by atoms with Crippen LogP contribution >= 0.6 is 11.6 Å². The van der Waals surface area contributed by atoms with Gasteiger partial charge in [-0.3, -0.25) is 9.78 Å². The number of nitrogens with one attached hydrogen (secondary N) is 1. The smallest absolute Gasteiger partial charge is 0.410 e. The molecule has 0 aliphatic heterocycles. The summed E-state index contributed by atoms with van der Waals surface area (Å²) in [6.07, 6.45) is 7.44. The molecule has 3 aromatic heterocycles. The molecule has 10 nitrogen and oxygen atoms in total. The topological polar surface area (TPSA) is 128 Å². The number of hydrogen-bond donors (Lipinski definition) is 2. The van der Waals surface area contributed by atoms with Gasteiger partial charge in [-0.25, -0.2) is 14.8 Å². The molecule has 0 spiro atoms. The largest absolute Gasteiger partial charge is 0.444 e. The number of benzene rings is 3. The number of nitrogens with two attached hydrogens (primary N) is 1. The molecule has 6 aromatic rings. The molecule has 0 bridgehead atoms. The van der Waals surface area contributed by atoms with Crippen LogP contribution in [-0.4, -0.2) is 55.1 Å². The van der Waals surface area contributed by atoms with Gasteiger partial charge in [0.05, 0.1) is 17.5 Å². The van der Waals surface area contributed by atoms with Crippen LogP contribution in [0.1, 0.15) is 42.4 Å². The molecule has 49 heavy (non-hydrogen) atoms. The van der Waals surface area contributed by atoms with Crippen molar-refractivity contribution in [2.45, 2.75) is 45.9 Å². The maximum Gasteiger partial charge on any atom is 0.410 e. The number of halogens is 1. The molecule has 0 fully saturated rings. The SMILES string of the molecule is CC(C)(C)OC(=O)N(CCc1cn(CCNc2nc3cc(C(N)=O)ccc3c3cnccc23)cn1)Cc1ccc(-c2ccccc2)c(Cl)c1. The van der Waals surface area contributed by atoms with E-state index < -0.39 is 17.6 Å². The van der Waals surface area contributed by atoms with E-state index in [1.54, 1.807) is 35.8 Å². The monoisotopic (exact) mass is 675 g/mol. The molecule has 11 heteroatoms. The number of ether oxygens (including phenoxy) is 1. The second-order valence-electron chi connectivity index (χ2n) is 12.8. The van der Waals surface area contributed by atoms with E-state index in [4.69, 9.17) is 27.1 Å². The van der Waals surface area contributed by atoms with E-state index in [0.717, 1.165) is 38.5 Å². The molecule has 0 unspecified atom stereocenters. The van der Waals surface area contributed by atoms with Gasteiger partial charge in [0.15, 0.2) is 0 Å². The van der Waals surface area contributed by atoms with E-state index in [-0.39, 0.29) is 0 Å². The maximum absolute atomic E-state index is 13.3. The minimum Gasteiger partial charge on any atom is -0.444 e. The van der Waals surface area contributed by atoms with Gasteiger partial charge in [-0.1, -0.05) is 60.1 Å². The number of rotatable bonds is 11. The number of primary amides is 1. The van der Waals surface area contributed by atoms with Crippen molar-refractivity contribution in [3.8, 4) is 11.1 Å². The van der Waals surface area contributed by atoms with Crippen molar-refractivity contribution in [3.63, 3.8) is 0 Å². The number of imidazole rings is 1. The summed E-state index contributed by atoms with van der Waals surface area (Å²) in [6.45, 7) is 7.53. The molecule has 6 rings (SSSR count). The summed E-state index contributed by atoms with van der Waals surface area (Å²) >= 11 is 6.69. The van der Waals surface area contributed by atoms with Crippen LogP contribution in [0.3, 0.4) is 0 Å². The van der Waals surface area contributed by atoms with Crippen molar-refractivity contribution >= 4 is 51.1 Å². The van der Waals surface area contributed by atoms with Gasteiger partial charge in [-0.15, -0.1) is 0 Å². The number of aromatic nitrogens is 4. The molecular formula is C38H38ClN7O3. The lowest BCUT2D eigenvalue weighted by molar-refractivity contribution is 0.0235. The number of pyridine rings is 2. The molecule has 0 saturated carbocycles. The second-order valence-corrected chi connectivity index (χ2v) is 13.2. The van der Waals surface area contributed by atoms with Gasteiger partial charge in [0.1, 0.15) is 11.4 Å². The third kappa shape index (κ3) is 8.16. The summed E-state index contributed by atoms with van der Waals surface area (Å²) in [5, 5.41) is 6.81. The van der Waals surface area contributed by atoms with E-state index in [0.29, 0.717) is 54.5 Å². The highest BCUT2D eigenvalue weighted by Gasteiger charge is 2.23. The van der Waals surface area contributed by atoms with Crippen LogP contribution in [0.4, 0.5) is 10.6 Å². The van der Waals surface area contributed by atoms with Crippen LogP contribution in [0.25, 0.3) is 32.8 Å². The summed E-state index contributed by atoms with van der Waals surface area (Å²) < 4.78 is 7.75. The van der Waals surface area contributed by atoms with Crippen LogP contribution < -0.4 is 11.1 Å². The van der Waals surface area contributed by atoms with E-state index >= 15 is 0 Å². The molecule has 3 heterocycles. The number of anilines is 1. The van der Waals surface area contributed by atoms with E-state index in [2.05, 4.69) is 15.3 Å². The summed E-state index contributed by atoms with van der Waals surface area (Å²) in [7, 11) is 0. The van der Waals surface area contributed by atoms with Crippen LogP contribution in [-0.2, 0) is 24.2 Å². The van der Waals surface area contributed by atoms with Gasteiger partial charge in [-0.05, 0) is 56.2 Å². The van der Waals surface area contributed by atoms with Gasteiger partial charge >= 0.3 is 6.09 Å². The lowest BCUT2D eigenvalue weighted by Gasteiger charge is -2.27. The minimum absolute atomic E-state index is 0.345. The Morgan fingerprint density at radius 3 is 2.57 bits per heavy atom. The summed E-state index contributed by atoms with van der Waals surface area (Å²) in [6, 6.07) is 23.0. The number of amides is 2. The predicted octanol–water partition coefficient (Wildman–Crippen LogP) is 7.49. The van der Waals surface area contributed by atoms with Crippen molar-refractivity contribution in [1.29, 1.82) is 0 Å². The Hall–Kier alpha value is -5.48. The van der Waals surface area contributed by atoms with Crippen molar-refractivity contribution in [1.82, 2.24) is 24.4 Å². The molecule has 2 amide bonds. The highest BCUT2D eigenvalue weighted by Crippen LogP contribution is 2.30. The Labute approximate surface area is 289 Å². The first-order valence-electron chi connectivity index (χ1n) is 16.1. The zero-order chi connectivity index (χ0) is 34.5. The summed E-state index contributed by atoms with van der Waals surface area (Å²) in [5.41, 5.74) is 9.66. The third-order valence-electron chi connectivity index (χ3n) is 8.01. The second kappa shape index (κ2) is 14.3. The Morgan fingerprint density at radius 2 is 1.82 bits per heavy atom. The molecular weight excluding hydrogens is 638 g/mol. The van der Waals surface area contributed by atoms with E-state index in [1.807, 2.05) is 92.2 Å². The molecule has 0 aliphatic rings. The van der Waals surface area contributed by atoms with Crippen LogP contribution in [0, 0.1) is 0 Å². The van der Waals surface area contributed by atoms with Gasteiger partial charge in [-0.2, -0.15) is 0 Å². The molecule has 3 N–H and O–H groups in total. The van der Waals surface area contributed by atoms with Crippen molar-refractivity contribution in [2.24, 2.45) is 5.73 Å². The van der Waals surface area contributed by atoms with Crippen molar-refractivity contribution in [3.05, 3.63) is 120 Å². The zero-order valence-corrected chi connectivity index (χ0v) is 28.4. The molecule has 3 aromatic carbocycles. The van der Waals surface area contributed by atoms with E-state index in [9.17, 15) is 9.59 Å². The van der Waals surface area contributed by atoms with Crippen molar-refractivity contribution in [2.75, 3.05) is 18.4 Å². The lowest BCUT2D eigenvalue weighted by Crippen LogP contribution is -2.37. The minimum atomic E-state index is -0.634. The molecule has 0 radical (unpaired) electrons. The van der Waals surface area contributed by atoms with Gasteiger partial charge in [0.2, 0.25) is 5.91 Å². The average molecular weight is 676 g/mol. The number of carbonyl (C=O) groups excluding carboxylic acids is 2. The summed E-state index contributed by atoms with van der Waals surface area (Å²) in [4.78, 5) is 40.4. The average Bonchev–Trinajstić information content (AvgIpc) is 3.53. The Morgan fingerprint density at radius 1 is 1.00 bits per heavy atom. The number of nitrogens with zero attached hydrogens (tertiary/aromatic N) is 5. The maximum atomic E-state index is 13.3.